The van der Waals surface area contributed by atoms with Crippen molar-refractivity contribution in [3.8, 4) is 5.40 Å². The molecule has 1 aromatic rings. The molecule has 1 nitrogen and oxygen atoms in total. The van der Waals surface area contributed by atoms with Crippen LogP contribution in [0, 0.1) is 17.6 Å². The third kappa shape index (κ3) is 3.85. The molecule has 0 amide bonds. The van der Waals surface area contributed by atoms with Crippen LogP contribution in [-0.2, 0) is 6.42 Å². The van der Waals surface area contributed by atoms with E-state index in [0.717, 1.165) is 17.7 Å². The third-order valence-electron chi connectivity index (χ3n) is 2.05. The van der Waals surface area contributed by atoms with Crippen molar-refractivity contribution < 1.29 is 0 Å². The fraction of sp³-hybridized carbons (Fsp3) is 0.333. The molecule has 1 aromatic carbocycles. The smallest absolute Gasteiger partial charge is 0.138 e. The summed E-state index contributed by atoms with van der Waals surface area (Å²) in [4.78, 5) is 1.02. The van der Waals surface area contributed by atoms with Gasteiger partial charge in [0.2, 0.25) is 0 Å². The first-order chi connectivity index (χ1) is 6.86. The van der Waals surface area contributed by atoms with Gasteiger partial charge in [0.05, 0.1) is 0 Å². The lowest BCUT2D eigenvalue weighted by Gasteiger charge is -2.00. The molecule has 2 heteroatoms. The summed E-state index contributed by atoms with van der Waals surface area (Å²) in [5, 5.41) is 10.5. The van der Waals surface area contributed by atoms with Crippen LogP contribution in [0.1, 0.15) is 24.8 Å². The molecular formula is C12H14NS. The maximum atomic E-state index is 8.47. The predicted molar refractivity (Wildman–Crippen MR) is 60.8 cm³/mol. The van der Waals surface area contributed by atoms with E-state index in [0.29, 0.717) is 0 Å². The molecule has 0 saturated carbocycles. The second-order valence-corrected chi connectivity index (χ2v) is 4.01. The van der Waals surface area contributed by atoms with E-state index in [4.69, 9.17) is 5.26 Å². The molecule has 0 aliphatic rings. The van der Waals surface area contributed by atoms with Crippen LogP contribution >= 0.6 is 11.8 Å². The molecule has 0 fully saturated rings. The molecule has 0 aliphatic heterocycles. The largest absolute Gasteiger partial charge is 0.185 e. The summed E-state index contributed by atoms with van der Waals surface area (Å²) in [6.07, 6.45) is 4.53. The van der Waals surface area contributed by atoms with Gasteiger partial charge >= 0.3 is 0 Å². The van der Waals surface area contributed by atoms with Crippen molar-refractivity contribution in [3.05, 3.63) is 36.8 Å². The number of thioether (sulfide) groups is 1. The van der Waals surface area contributed by atoms with E-state index in [-0.39, 0.29) is 0 Å². The number of nitriles is 1. The van der Waals surface area contributed by atoms with Gasteiger partial charge in [-0.05, 0) is 42.3 Å². The summed E-state index contributed by atoms with van der Waals surface area (Å²) in [5.74, 6) is 0. The van der Waals surface area contributed by atoms with E-state index in [9.17, 15) is 0 Å². The van der Waals surface area contributed by atoms with Crippen molar-refractivity contribution in [2.75, 3.05) is 0 Å². The monoisotopic (exact) mass is 204 g/mol. The Morgan fingerprint density at radius 1 is 1.21 bits per heavy atom. The highest BCUT2D eigenvalue weighted by molar-refractivity contribution is 8.03. The maximum Gasteiger partial charge on any atom is 0.138 e. The number of unbranched alkanes of at least 4 members (excludes halogenated alkanes) is 2. The van der Waals surface area contributed by atoms with Crippen molar-refractivity contribution >= 4 is 11.8 Å². The van der Waals surface area contributed by atoms with Gasteiger partial charge in [0.1, 0.15) is 5.40 Å². The van der Waals surface area contributed by atoms with Crippen LogP contribution in [0.5, 0.6) is 0 Å². The van der Waals surface area contributed by atoms with Crippen molar-refractivity contribution in [1.29, 1.82) is 5.26 Å². The van der Waals surface area contributed by atoms with Gasteiger partial charge in [0.15, 0.2) is 0 Å². The number of thiocyanates is 1. The number of benzene rings is 1. The zero-order chi connectivity index (χ0) is 10.2. The number of rotatable bonds is 5. The summed E-state index contributed by atoms with van der Waals surface area (Å²) in [6.45, 7) is 3.82. The fourth-order valence-electron chi connectivity index (χ4n) is 1.28. The van der Waals surface area contributed by atoms with Crippen LogP contribution in [-0.4, -0.2) is 0 Å². The van der Waals surface area contributed by atoms with Gasteiger partial charge in [0, 0.05) is 4.90 Å². The molecule has 0 bridgehead atoms. The summed E-state index contributed by atoms with van der Waals surface area (Å²) in [6, 6.07) is 8.21. The number of aryl methyl sites for hydroxylation is 1. The molecule has 0 unspecified atom stereocenters. The SMILES string of the molecule is [CH2]CCCCc1ccc(SC#N)cc1. The van der Waals surface area contributed by atoms with Gasteiger partial charge in [-0.3, -0.25) is 0 Å². The van der Waals surface area contributed by atoms with E-state index >= 15 is 0 Å². The minimum atomic E-state index is 1.02. The van der Waals surface area contributed by atoms with Crippen LogP contribution in [0.2, 0.25) is 0 Å². The van der Waals surface area contributed by atoms with E-state index < -0.39 is 0 Å². The van der Waals surface area contributed by atoms with Crippen LogP contribution in [0.3, 0.4) is 0 Å². The minimum Gasteiger partial charge on any atom is -0.185 e. The van der Waals surface area contributed by atoms with Gasteiger partial charge in [-0.1, -0.05) is 31.9 Å². The minimum absolute atomic E-state index is 1.02. The standard InChI is InChI=1S/C12H14NS/c1-2-3-4-5-11-6-8-12(9-7-11)14-10-13/h6-9H,1-5H2. The zero-order valence-electron chi connectivity index (χ0n) is 8.20. The third-order valence-corrected chi connectivity index (χ3v) is 2.65. The highest BCUT2D eigenvalue weighted by atomic mass is 32.2. The Bertz CT molecular complexity index is 297. The van der Waals surface area contributed by atoms with Crippen molar-refractivity contribution in [3.63, 3.8) is 0 Å². The van der Waals surface area contributed by atoms with Crippen molar-refractivity contribution in [2.45, 2.75) is 30.6 Å². The Labute approximate surface area is 90.1 Å². The molecule has 0 aromatic heterocycles. The number of hydrogen-bond acceptors (Lipinski definition) is 2. The average Bonchev–Trinajstić information content (AvgIpc) is 2.21. The van der Waals surface area contributed by atoms with E-state index in [1.165, 1.54) is 30.2 Å². The molecule has 73 valence electrons. The van der Waals surface area contributed by atoms with Crippen LogP contribution < -0.4 is 0 Å². The maximum absolute atomic E-state index is 8.47. The first-order valence-electron chi connectivity index (χ1n) is 4.81. The van der Waals surface area contributed by atoms with Crippen LogP contribution in [0.4, 0.5) is 0 Å². The summed E-state index contributed by atoms with van der Waals surface area (Å²) >= 11 is 1.21. The molecular weight excluding hydrogens is 190 g/mol. The fourth-order valence-corrected chi connectivity index (χ4v) is 1.66. The molecule has 1 radical (unpaired) electrons. The molecule has 0 atom stereocenters. The molecule has 1 rings (SSSR count). The normalized spacial score (nSPS) is 9.71. The molecule has 0 saturated heterocycles. The molecule has 0 heterocycles. The van der Waals surface area contributed by atoms with Crippen molar-refractivity contribution in [1.82, 2.24) is 0 Å². The second-order valence-electron chi connectivity index (χ2n) is 3.15. The zero-order valence-corrected chi connectivity index (χ0v) is 9.02. The van der Waals surface area contributed by atoms with Crippen molar-refractivity contribution in [2.24, 2.45) is 0 Å². The Balaban J connectivity index is 2.43. The average molecular weight is 204 g/mol. The molecule has 0 spiro atoms. The first-order valence-corrected chi connectivity index (χ1v) is 5.62. The Morgan fingerprint density at radius 2 is 1.93 bits per heavy atom. The second kappa shape index (κ2) is 6.50. The number of hydrogen-bond donors (Lipinski definition) is 0. The highest BCUT2D eigenvalue weighted by Crippen LogP contribution is 2.17. The molecule has 14 heavy (non-hydrogen) atoms. The lowest BCUT2D eigenvalue weighted by molar-refractivity contribution is 0.746. The summed E-state index contributed by atoms with van der Waals surface area (Å²) in [5.41, 5.74) is 1.35. The van der Waals surface area contributed by atoms with Gasteiger partial charge in [0.25, 0.3) is 0 Å². The van der Waals surface area contributed by atoms with E-state index in [2.05, 4.69) is 24.5 Å². The van der Waals surface area contributed by atoms with Gasteiger partial charge in [-0.15, -0.1) is 0 Å². The quantitative estimate of drug-likeness (QED) is 0.414. The first kappa shape index (κ1) is 11.1. The van der Waals surface area contributed by atoms with Gasteiger partial charge in [-0.25, -0.2) is 0 Å². The lowest BCUT2D eigenvalue weighted by Crippen LogP contribution is -1.84. The van der Waals surface area contributed by atoms with Gasteiger partial charge < -0.3 is 0 Å². The van der Waals surface area contributed by atoms with Gasteiger partial charge in [-0.2, -0.15) is 5.26 Å². The summed E-state index contributed by atoms with van der Waals surface area (Å²) < 4.78 is 0. The van der Waals surface area contributed by atoms with E-state index in [1.807, 2.05) is 12.1 Å². The van der Waals surface area contributed by atoms with E-state index in [1.54, 1.807) is 0 Å². The Morgan fingerprint density at radius 3 is 2.50 bits per heavy atom. The molecule has 0 N–H and O–H groups in total. The lowest BCUT2D eigenvalue weighted by atomic mass is 10.1. The predicted octanol–water partition coefficient (Wildman–Crippen LogP) is 3.81. The highest BCUT2D eigenvalue weighted by Gasteiger charge is 1.94. The number of nitrogens with zero attached hydrogens (tertiary/aromatic N) is 1. The Hall–Kier alpha value is -0.940. The summed E-state index contributed by atoms with van der Waals surface area (Å²) in [7, 11) is 0. The Kier molecular flexibility index (Phi) is 5.17. The van der Waals surface area contributed by atoms with Crippen LogP contribution in [0.25, 0.3) is 0 Å². The topological polar surface area (TPSA) is 23.8 Å². The van der Waals surface area contributed by atoms with Crippen LogP contribution in [0.15, 0.2) is 29.2 Å². The molecule has 0 aliphatic carbocycles.